The van der Waals surface area contributed by atoms with Gasteiger partial charge in [-0.3, -0.25) is 14.4 Å². The second-order valence-electron chi connectivity index (χ2n) is 19.9. The highest BCUT2D eigenvalue weighted by Gasteiger charge is 2.19. The van der Waals surface area contributed by atoms with Gasteiger partial charge < -0.3 is 14.2 Å². The molecule has 0 rings (SSSR count). The van der Waals surface area contributed by atoms with Gasteiger partial charge in [-0.05, 0) is 83.5 Å². The highest BCUT2D eigenvalue weighted by Crippen LogP contribution is 2.16. The first-order valence-electron chi connectivity index (χ1n) is 30.0. The molecule has 0 N–H and O–H groups in total. The minimum absolute atomic E-state index is 0.0893. The molecule has 0 saturated carbocycles. The van der Waals surface area contributed by atoms with Crippen LogP contribution in [0.5, 0.6) is 0 Å². The van der Waals surface area contributed by atoms with Gasteiger partial charge in [-0.1, -0.05) is 267 Å². The Balaban J connectivity index is 4.42. The lowest BCUT2D eigenvalue weighted by atomic mass is 10.0. The number of rotatable bonds is 54. The molecule has 0 amide bonds. The zero-order chi connectivity index (χ0) is 50.7. The van der Waals surface area contributed by atoms with Gasteiger partial charge in [0.05, 0.1) is 0 Å². The number of carbonyl (C=O) groups excluding carboxylic acids is 3. The van der Waals surface area contributed by atoms with Gasteiger partial charge >= 0.3 is 17.9 Å². The van der Waals surface area contributed by atoms with Crippen molar-refractivity contribution in [3.63, 3.8) is 0 Å². The van der Waals surface area contributed by atoms with Crippen LogP contribution in [-0.2, 0) is 28.6 Å². The van der Waals surface area contributed by atoms with Crippen molar-refractivity contribution in [2.75, 3.05) is 13.2 Å². The van der Waals surface area contributed by atoms with Gasteiger partial charge in [-0.2, -0.15) is 0 Å². The van der Waals surface area contributed by atoms with Crippen molar-refractivity contribution in [3.8, 4) is 0 Å². The number of hydrogen-bond donors (Lipinski definition) is 0. The van der Waals surface area contributed by atoms with E-state index in [2.05, 4.69) is 93.7 Å². The average Bonchev–Trinajstić information content (AvgIpc) is 3.36. The van der Waals surface area contributed by atoms with Gasteiger partial charge in [-0.25, -0.2) is 0 Å². The van der Waals surface area contributed by atoms with Crippen LogP contribution in [0.1, 0.15) is 297 Å². The largest absolute Gasteiger partial charge is 0.462 e. The van der Waals surface area contributed by atoms with Crippen LogP contribution in [0.2, 0.25) is 0 Å². The maximum absolute atomic E-state index is 12.9. The van der Waals surface area contributed by atoms with E-state index in [9.17, 15) is 14.4 Å². The van der Waals surface area contributed by atoms with Gasteiger partial charge in [0, 0.05) is 19.3 Å². The first-order valence-corrected chi connectivity index (χ1v) is 30.0. The van der Waals surface area contributed by atoms with Crippen molar-refractivity contribution >= 4 is 17.9 Å². The lowest BCUT2D eigenvalue weighted by Crippen LogP contribution is -2.30. The fourth-order valence-electron chi connectivity index (χ4n) is 8.48. The van der Waals surface area contributed by atoms with Crippen molar-refractivity contribution in [2.24, 2.45) is 0 Å². The van der Waals surface area contributed by atoms with E-state index in [1.165, 1.54) is 154 Å². The fraction of sp³-hybridized carbons (Fsp3) is 0.766. The van der Waals surface area contributed by atoms with Crippen LogP contribution in [0, 0.1) is 0 Å². The van der Waals surface area contributed by atoms with E-state index in [4.69, 9.17) is 14.2 Å². The van der Waals surface area contributed by atoms with Gasteiger partial charge in [0.25, 0.3) is 0 Å². The quantitative estimate of drug-likeness (QED) is 0.0199. The fourth-order valence-corrected chi connectivity index (χ4v) is 8.48. The molecular formula is C64H112O6. The molecule has 6 heteroatoms. The first kappa shape index (κ1) is 66.9. The molecule has 0 aromatic heterocycles. The zero-order valence-electron chi connectivity index (χ0n) is 46.3. The Bertz CT molecular complexity index is 1310. The summed E-state index contributed by atoms with van der Waals surface area (Å²) in [5.41, 5.74) is 0. The second-order valence-corrected chi connectivity index (χ2v) is 19.9. The number of ether oxygens (including phenoxy) is 3. The summed E-state index contributed by atoms with van der Waals surface area (Å²) >= 11 is 0. The summed E-state index contributed by atoms with van der Waals surface area (Å²) in [5.74, 6) is -0.916. The highest BCUT2D eigenvalue weighted by atomic mass is 16.6. The number of esters is 3. The predicted molar refractivity (Wildman–Crippen MR) is 302 cm³/mol. The molecule has 0 spiro atoms. The Kier molecular flexibility index (Phi) is 55.8. The number of allylic oxidation sites excluding steroid dienone is 12. The maximum atomic E-state index is 12.9. The Morgan fingerprint density at radius 3 is 0.971 bits per heavy atom. The van der Waals surface area contributed by atoms with E-state index in [1.54, 1.807) is 0 Å². The molecule has 0 aliphatic carbocycles. The molecule has 0 aliphatic heterocycles. The molecular weight excluding hydrogens is 865 g/mol. The maximum Gasteiger partial charge on any atom is 0.306 e. The molecule has 0 radical (unpaired) electrons. The van der Waals surface area contributed by atoms with Crippen LogP contribution < -0.4 is 0 Å². The van der Waals surface area contributed by atoms with Crippen LogP contribution in [0.3, 0.4) is 0 Å². The lowest BCUT2D eigenvalue weighted by Gasteiger charge is -2.18. The molecule has 70 heavy (non-hydrogen) atoms. The van der Waals surface area contributed by atoms with Crippen LogP contribution in [-0.4, -0.2) is 37.2 Å². The summed E-state index contributed by atoms with van der Waals surface area (Å²) in [6.45, 7) is 6.52. The zero-order valence-corrected chi connectivity index (χ0v) is 46.3. The third-order valence-corrected chi connectivity index (χ3v) is 13.0. The summed E-state index contributed by atoms with van der Waals surface area (Å²) in [6, 6.07) is 0. The van der Waals surface area contributed by atoms with Gasteiger partial charge in [-0.15, -0.1) is 0 Å². The lowest BCUT2D eigenvalue weighted by molar-refractivity contribution is -0.167. The van der Waals surface area contributed by atoms with E-state index in [-0.39, 0.29) is 31.1 Å². The second kappa shape index (κ2) is 58.4. The minimum Gasteiger partial charge on any atom is -0.462 e. The molecule has 0 saturated heterocycles. The summed E-state index contributed by atoms with van der Waals surface area (Å²) in [6.07, 6.45) is 74.6. The van der Waals surface area contributed by atoms with E-state index < -0.39 is 6.10 Å². The van der Waals surface area contributed by atoms with E-state index >= 15 is 0 Å². The summed E-state index contributed by atoms with van der Waals surface area (Å²) < 4.78 is 16.9. The number of hydrogen-bond acceptors (Lipinski definition) is 6. The monoisotopic (exact) mass is 977 g/mol. The standard InChI is InChI=1S/C64H112O6/c1-4-7-10-13-16-19-22-25-28-31-32-34-36-39-42-45-48-51-54-57-63(66)69-60-61(59-68-62(65)56-53-50-47-44-41-38-35-30-27-24-21-18-15-12-9-6-3)70-64(67)58-55-52-49-46-43-40-37-33-29-26-23-20-17-14-11-8-5-2/h7,10,16,19,25,28,30,32,34-35,38,41,61H,4-6,8-9,11-15,17-18,20-24,26-27,29,31,33,36-37,39-40,42-60H2,1-3H3/b10-7-,19-16-,28-25-,34-32-,35-30-,41-38-. The molecule has 6 nitrogen and oxygen atoms in total. The molecule has 1 unspecified atom stereocenters. The van der Waals surface area contributed by atoms with Crippen LogP contribution in [0.15, 0.2) is 72.9 Å². The van der Waals surface area contributed by atoms with Gasteiger partial charge in [0.2, 0.25) is 0 Å². The molecule has 1 atom stereocenters. The van der Waals surface area contributed by atoms with Crippen molar-refractivity contribution in [3.05, 3.63) is 72.9 Å². The third-order valence-electron chi connectivity index (χ3n) is 13.0. The number of unbranched alkanes of at least 4 members (excludes halogenated alkanes) is 32. The average molecular weight is 978 g/mol. The highest BCUT2D eigenvalue weighted by molar-refractivity contribution is 5.71. The Morgan fingerprint density at radius 2 is 0.600 bits per heavy atom. The molecule has 0 fully saturated rings. The van der Waals surface area contributed by atoms with E-state index in [0.717, 1.165) is 103 Å². The summed E-state index contributed by atoms with van der Waals surface area (Å²) in [5, 5.41) is 0. The molecule has 0 aromatic rings. The van der Waals surface area contributed by atoms with Crippen molar-refractivity contribution in [1.82, 2.24) is 0 Å². The minimum atomic E-state index is -0.791. The molecule has 404 valence electrons. The van der Waals surface area contributed by atoms with Crippen molar-refractivity contribution < 1.29 is 28.6 Å². The first-order chi connectivity index (χ1) is 34.5. The molecule has 0 aliphatic rings. The molecule has 0 bridgehead atoms. The van der Waals surface area contributed by atoms with Crippen LogP contribution >= 0.6 is 0 Å². The van der Waals surface area contributed by atoms with Crippen LogP contribution in [0.25, 0.3) is 0 Å². The Hall–Kier alpha value is -3.15. The van der Waals surface area contributed by atoms with Gasteiger partial charge in [0.15, 0.2) is 6.10 Å². The van der Waals surface area contributed by atoms with E-state index in [1.807, 2.05) is 0 Å². The Morgan fingerprint density at radius 1 is 0.314 bits per heavy atom. The molecule has 0 aromatic carbocycles. The van der Waals surface area contributed by atoms with Gasteiger partial charge in [0.1, 0.15) is 13.2 Å². The topological polar surface area (TPSA) is 78.9 Å². The summed E-state index contributed by atoms with van der Waals surface area (Å²) in [7, 11) is 0. The Labute approximate surface area is 433 Å². The van der Waals surface area contributed by atoms with Crippen LogP contribution in [0.4, 0.5) is 0 Å². The van der Waals surface area contributed by atoms with Crippen molar-refractivity contribution in [2.45, 2.75) is 303 Å². The van der Waals surface area contributed by atoms with Crippen molar-refractivity contribution in [1.29, 1.82) is 0 Å². The number of carbonyl (C=O) groups is 3. The molecule has 0 heterocycles. The SMILES string of the molecule is CC/C=C\C/C=C\C/C=C\C/C=C\CCCCCCCCC(=O)OCC(COC(=O)CCCCC/C=C\C=C/CCCCCCCCC)OC(=O)CCCCCCCCCCCCCCCCCCC. The smallest absolute Gasteiger partial charge is 0.306 e. The summed E-state index contributed by atoms with van der Waals surface area (Å²) in [4.78, 5) is 38.2. The van der Waals surface area contributed by atoms with E-state index in [0.29, 0.717) is 19.3 Å². The third kappa shape index (κ3) is 55.8. The normalized spacial score (nSPS) is 12.6. The predicted octanol–water partition coefficient (Wildman–Crippen LogP) is 20.2.